The Morgan fingerprint density at radius 1 is 1.47 bits per heavy atom. The molecule has 1 aromatic carbocycles. The van der Waals surface area contributed by atoms with Gasteiger partial charge in [-0.3, -0.25) is 10.1 Å². The van der Waals surface area contributed by atoms with Gasteiger partial charge in [-0.05, 0) is 12.5 Å². The van der Waals surface area contributed by atoms with Crippen LogP contribution in [-0.2, 0) is 5.41 Å². The average molecular weight is 209 g/mol. The molecule has 1 N–H and O–H groups in total. The van der Waals surface area contributed by atoms with E-state index >= 15 is 0 Å². The van der Waals surface area contributed by atoms with Crippen LogP contribution in [0.3, 0.4) is 0 Å². The van der Waals surface area contributed by atoms with Crippen LogP contribution < -0.4 is 0 Å². The molecule has 4 heteroatoms. The van der Waals surface area contributed by atoms with Crippen molar-refractivity contribution in [2.24, 2.45) is 0 Å². The molecule has 82 valence electrons. The van der Waals surface area contributed by atoms with Crippen molar-refractivity contribution < 1.29 is 10.0 Å². The third kappa shape index (κ3) is 2.33. The lowest BCUT2D eigenvalue weighted by atomic mass is 9.85. The van der Waals surface area contributed by atoms with E-state index in [0.717, 1.165) is 5.56 Å². The lowest BCUT2D eigenvalue weighted by molar-refractivity contribution is -0.385. The maximum atomic E-state index is 10.7. The first kappa shape index (κ1) is 11.7. The van der Waals surface area contributed by atoms with Gasteiger partial charge in [-0.15, -0.1) is 0 Å². The summed E-state index contributed by atoms with van der Waals surface area (Å²) in [6.07, 6.45) is 0. The highest BCUT2D eigenvalue weighted by Gasteiger charge is 2.22. The fourth-order valence-electron chi connectivity index (χ4n) is 1.32. The number of aliphatic hydroxyl groups is 1. The molecule has 0 fully saturated rings. The van der Waals surface area contributed by atoms with E-state index in [1.165, 1.54) is 6.07 Å². The maximum Gasteiger partial charge on any atom is 0.272 e. The molecule has 0 aliphatic heterocycles. The minimum absolute atomic E-state index is 0.0345. The Labute approximate surface area is 88.7 Å². The average Bonchev–Trinajstić information content (AvgIpc) is 2.17. The smallest absolute Gasteiger partial charge is 0.272 e. The van der Waals surface area contributed by atoms with Crippen LogP contribution in [0.1, 0.15) is 25.0 Å². The molecule has 0 aromatic heterocycles. The van der Waals surface area contributed by atoms with E-state index in [1.54, 1.807) is 13.0 Å². The molecule has 0 heterocycles. The molecule has 0 spiro atoms. The Bertz CT molecular complexity index is 385. The van der Waals surface area contributed by atoms with Gasteiger partial charge in [-0.1, -0.05) is 26.0 Å². The minimum atomic E-state index is -0.446. The van der Waals surface area contributed by atoms with E-state index in [1.807, 2.05) is 19.9 Å². The molecule has 0 amide bonds. The summed E-state index contributed by atoms with van der Waals surface area (Å²) in [4.78, 5) is 10.3. The Hall–Kier alpha value is -1.42. The topological polar surface area (TPSA) is 63.4 Å². The third-order valence-electron chi connectivity index (χ3n) is 2.58. The van der Waals surface area contributed by atoms with Crippen LogP contribution in [0.15, 0.2) is 18.2 Å². The molecule has 15 heavy (non-hydrogen) atoms. The lowest BCUT2D eigenvalue weighted by Gasteiger charge is -2.22. The molecule has 0 bridgehead atoms. The van der Waals surface area contributed by atoms with Crippen LogP contribution in [0.4, 0.5) is 5.69 Å². The first-order valence-electron chi connectivity index (χ1n) is 4.75. The largest absolute Gasteiger partial charge is 0.395 e. The Morgan fingerprint density at radius 2 is 2.07 bits per heavy atom. The standard InChI is InChI=1S/C11H15NO3/c1-8-4-5-9(11(2,3)7-13)6-10(8)12(14)15/h4-6,13H,7H2,1-3H3. The second-order valence-electron chi connectivity index (χ2n) is 4.30. The van der Waals surface area contributed by atoms with E-state index in [0.29, 0.717) is 5.56 Å². The number of nitro benzene ring substituents is 1. The number of benzene rings is 1. The van der Waals surface area contributed by atoms with Gasteiger partial charge in [-0.25, -0.2) is 0 Å². The van der Waals surface area contributed by atoms with E-state index in [-0.39, 0.29) is 12.3 Å². The van der Waals surface area contributed by atoms with Crippen molar-refractivity contribution in [1.29, 1.82) is 0 Å². The normalized spacial score (nSPS) is 11.5. The highest BCUT2D eigenvalue weighted by molar-refractivity contribution is 5.44. The van der Waals surface area contributed by atoms with Gasteiger partial charge in [0.15, 0.2) is 0 Å². The Balaban J connectivity index is 3.25. The molecule has 0 saturated carbocycles. The van der Waals surface area contributed by atoms with Crippen molar-refractivity contribution in [3.63, 3.8) is 0 Å². The fourth-order valence-corrected chi connectivity index (χ4v) is 1.32. The van der Waals surface area contributed by atoms with Crippen molar-refractivity contribution in [2.75, 3.05) is 6.61 Å². The lowest BCUT2D eigenvalue weighted by Crippen LogP contribution is -2.22. The van der Waals surface area contributed by atoms with E-state index in [4.69, 9.17) is 0 Å². The number of rotatable bonds is 3. The summed E-state index contributed by atoms with van der Waals surface area (Å²) in [5.41, 5.74) is 1.08. The summed E-state index contributed by atoms with van der Waals surface area (Å²) in [6.45, 7) is 5.36. The van der Waals surface area contributed by atoms with Crippen molar-refractivity contribution in [2.45, 2.75) is 26.2 Å². The van der Waals surface area contributed by atoms with Crippen LogP contribution in [0.5, 0.6) is 0 Å². The molecule has 1 aromatic rings. The van der Waals surface area contributed by atoms with Gasteiger partial charge in [0.1, 0.15) is 0 Å². The summed E-state index contributed by atoms with van der Waals surface area (Å²) < 4.78 is 0. The van der Waals surface area contributed by atoms with E-state index in [9.17, 15) is 15.2 Å². The second kappa shape index (κ2) is 3.98. The van der Waals surface area contributed by atoms with Crippen molar-refractivity contribution >= 4 is 5.69 Å². The molecular weight excluding hydrogens is 194 g/mol. The SMILES string of the molecule is Cc1ccc(C(C)(C)CO)cc1[N+](=O)[O-]. The highest BCUT2D eigenvalue weighted by Crippen LogP contribution is 2.27. The number of aryl methyl sites for hydroxylation is 1. The number of nitrogens with zero attached hydrogens (tertiary/aromatic N) is 1. The number of hydrogen-bond donors (Lipinski definition) is 1. The van der Waals surface area contributed by atoms with Crippen molar-refractivity contribution in [3.8, 4) is 0 Å². The molecular formula is C11H15NO3. The first-order chi connectivity index (χ1) is 6.88. The van der Waals surface area contributed by atoms with Gasteiger partial charge in [0.2, 0.25) is 0 Å². The Kier molecular flexibility index (Phi) is 3.09. The highest BCUT2D eigenvalue weighted by atomic mass is 16.6. The molecule has 0 aliphatic carbocycles. The van der Waals surface area contributed by atoms with Crippen molar-refractivity contribution in [1.82, 2.24) is 0 Å². The summed E-state index contributed by atoms with van der Waals surface area (Å²) in [7, 11) is 0. The zero-order valence-corrected chi connectivity index (χ0v) is 9.15. The van der Waals surface area contributed by atoms with Crippen LogP contribution in [0.2, 0.25) is 0 Å². The van der Waals surface area contributed by atoms with E-state index in [2.05, 4.69) is 0 Å². The zero-order chi connectivity index (χ0) is 11.6. The zero-order valence-electron chi connectivity index (χ0n) is 9.15. The minimum Gasteiger partial charge on any atom is -0.395 e. The van der Waals surface area contributed by atoms with Gasteiger partial charge >= 0.3 is 0 Å². The fraction of sp³-hybridized carbons (Fsp3) is 0.455. The predicted octanol–water partition coefficient (Wildman–Crippen LogP) is 2.17. The summed E-state index contributed by atoms with van der Waals surface area (Å²) >= 11 is 0. The van der Waals surface area contributed by atoms with Crippen LogP contribution in [0, 0.1) is 17.0 Å². The monoisotopic (exact) mass is 209 g/mol. The summed E-state index contributed by atoms with van der Waals surface area (Å²) in [5.74, 6) is 0. The second-order valence-corrected chi connectivity index (χ2v) is 4.30. The number of hydrogen-bond acceptors (Lipinski definition) is 3. The molecule has 1 rings (SSSR count). The van der Waals surface area contributed by atoms with Gasteiger partial charge < -0.3 is 5.11 Å². The predicted molar refractivity (Wildman–Crippen MR) is 57.9 cm³/mol. The van der Waals surface area contributed by atoms with Crippen LogP contribution in [-0.4, -0.2) is 16.6 Å². The van der Waals surface area contributed by atoms with Gasteiger partial charge in [0.25, 0.3) is 5.69 Å². The molecule has 0 unspecified atom stereocenters. The van der Waals surface area contributed by atoms with E-state index < -0.39 is 10.3 Å². The molecule has 0 saturated heterocycles. The van der Waals surface area contributed by atoms with Gasteiger partial charge in [0, 0.05) is 17.0 Å². The molecule has 0 radical (unpaired) electrons. The first-order valence-corrected chi connectivity index (χ1v) is 4.75. The summed E-state index contributed by atoms with van der Waals surface area (Å²) in [5, 5.41) is 19.9. The van der Waals surface area contributed by atoms with Crippen LogP contribution in [0.25, 0.3) is 0 Å². The maximum absolute atomic E-state index is 10.7. The van der Waals surface area contributed by atoms with Gasteiger partial charge in [0.05, 0.1) is 11.5 Å². The number of nitro groups is 1. The summed E-state index contributed by atoms with van der Waals surface area (Å²) in [6, 6.07) is 5.06. The molecule has 0 atom stereocenters. The Morgan fingerprint density at radius 3 is 2.53 bits per heavy atom. The van der Waals surface area contributed by atoms with Gasteiger partial charge in [-0.2, -0.15) is 0 Å². The molecule has 0 aliphatic rings. The number of aliphatic hydroxyl groups excluding tert-OH is 1. The quantitative estimate of drug-likeness (QED) is 0.613. The van der Waals surface area contributed by atoms with Crippen molar-refractivity contribution in [3.05, 3.63) is 39.4 Å². The molecule has 4 nitrogen and oxygen atoms in total. The van der Waals surface area contributed by atoms with Crippen LogP contribution >= 0.6 is 0 Å². The third-order valence-corrected chi connectivity index (χ3v) is 2.58.